The summed E-state index contributed by atoms with van der Waals surface area (Å²) in [5.41, 5.74) is 0. The summed E-state index contributed by atoms with van der Waals surface area (Å²) in [5.74, 6) is 0. The van der Waals surface area contributed by atoms with Crippen molar-refractivity contribution in [2.45, 2.75) is 39.5 Å². The Morgan fingerprint density at radius 3 is 1.33 bits per heavy atom. The quantitative estimate of drug-likeness (QED) is 0.468. The van der Waals surface area contributed by atoms with Gasteiger partial charge in [-0.15, -0.1) is 0 Å². The Hall–Kier alpha value is -1.46. The molecule has 106 valence electrons. The number of unbranched alkanes of at least 4 members (excludes halogenated alkanes) is 1. The zero-order chi connectivity index (χ0) is 13.6. The van der Waals surface area contributed by atoms with Crippen molar-refractivity contribution in [3.8, 4) is 0 Å². The maximum absolute atomic E-state index is 11.2. The molecular weight excluding hydrogens is 232 g/mol. The third-order valence-electron chi connectivity index (χ3n) is 2.25. The summed E-state index contributed by atoms with van der Waals surface area (Å²) in [5, 5.41) is 11.0. The molecule has 0 spiro atoms. The molecule has 0 fully saturated rings. The average Bonchev–Trinajstić information content (AvgIpc) is 2.37. The molecule has 0 aliphatic heterocycles. The largest absolute Gasteiger partial charge is 0.338 e. The highest BCUT2D eigenvalue weighted by molar-refractivity contribution is 5.74. The standard InChI is InChI=1S/C12H26N4O2/c1-3-7-13-11(17)15-9-5-6-10-16-12(18)14-8-4-2/h3-10H2,1-2H3,(H2,13,15,17)(H2,14,16,18). The summed E-state index contributed by atoms with van der Waals surface area (Å²) in [6.07, 6.45) is 3.58. The van der Waals surface area contributed by atoms with Gasteiger partial charge in [-0.05, 0) is 25.7 Å². The lowest BCUT2D eigenvalue weighted by atomic mass is 10.3. The van der Waals surface area contributed by atoms with E-state index in [0.29, 0.717) is 26.2 Å². The van der Waals surface area contributed by atoms with Gasteiger partial charge < -0.3 is 21.3 Å². The lowest BCUT2D eigenvalue weighted by molar-refractivity contribution is 0.238. The van der Waals surface area contributed by atoms with Crippen LogP contribution in [0.4, 0.5) is 9.59 Å². The summed E-state index contributed by atoms with van der Waals surface area (Å²) in [6, 6.07) is -0.240. The highest BCUT2D eigenvalue weighted by Crippen LogP contribution is 1.85. The van der Waals surface area contributed by atoms with E-state index in [0.717, 1.165) is 25.7 Å². The second-order valence-corrected chi connectivity index (χ2v) is 4.07. The highest BCUT2D eigenvalue weighted by atomic mass is 16.2. The van der Waals surface area contributed by atoms with Gasteiger partial charge in [0, 0.05) is 26.2 Å². The molecule has 6 nitrogen and oxygen atoms in total. The maximum atomic E-state index is 11.2. The van der Waals surface area contributed by atoms with E-state index in [1.165, 1.54) is 0 Å². The van der Waals surface area contributed by atoms with E-state index in [1.54, 1.807) is 0 Å². The van der Waals surface area contributed by atoms with E-state index in [-0.39, 0.29) is 12.1 Å². The molecule has 4 N–H and O–H groups in total. The molecular formula is C12H26N4O2. The van der Waals surface area contributed by atoms with Gasteiger partial charge in [0.2, 0.25) is 0 Å². The second-order valence-electron chi connectivity index (χ2n) is 4.07. The smallest absolute Gasteiger partial charge is 0.314 e. The Morgan fingerprint density at radius 2 is 1.00 bits per heavy atom. The maximum Gasteiger partial charge on any atom is 0.314 e. The van der Waals surface area contributed by atoms with Crippen LogP contribution >= 0.6 is 0 Å². The van der Waals surface area contributed by atoms with Crippen LogP contribution in [0.2, 0.25) is 0 Å². The minimum atomic E-state index is -0.120. The van der Waals surface area contributed by atoms with Gasteiger partial charge in [0.05, 0.1) is 0 Å². The first-order chi connectivity index (χ1) is 8.70. The summed E-state index contributed by atoms with van der Waals surface area (Å²) in [7, 11) is 0. The molecule has 0 radical (unpaired) electrons. The molecule has 0 aromatic carbocycles. The molecule has 0 aromatic rings. The van der Waals surface area contributed by atoms with Crippen molar-refractivity contribution in [1.82, 2.24) is 21.3 Å². The Labute approximate surface area is 109 Å². The van der Waals surface area contributed by atoms with Crippen molar-refractivity contribution < 1.29 is 9.59 Å². The number of hydrogen-bond acceptors (Lipinski definition) is 2. The fourth-order valence-corrected chi connectivity index (χ4v) is 1.26. The van der Waals surface area contributed by atoms with E-state index in [1.807, 2.05) is 13.8 Å². The van der Waals surface area contributed by atoms with E-state index in [4.69, 9.17) is 0 Å². The van der Waals surface area contributed by atoms with Crippen LogP contribution in [-0.4, -0.2) is 38.2 Å². The van der Waals surface area contributed by atoms with Gasteiger partial charge in [-0.3, -0.25) is 0 Å². The Balaban J connectivity index is 3.25. The molecule has 0 aliphatic carbocycles. The van der Waals surface area contributed by atoms with E-state index >= 15 is 0 Å². The Kier molecular flexibility index (Phi) is 11.0. The van der Waals surface area contributed by atoms with Crippen LogP contribution in [0.1, 0.15) is 39.5 Å². The Bertz CT molecular complexity index is 210. The number of hydrogen-bond donors (Lipinski definition) is 4. The van der Waals surface area contributed by atoms with Crippen molar-refractivity contribution in [3.63, 3.8) is 0 Å². The molecule has 0 aromatic heterocycles. The number of carbonyl (C=O) groups is 2. The normalized spacial score (nSPS) is 9.67. The lowest BCUT2D eigenvalue weighted by Gasteiger charge is -2.08. The van der Waals surface area contributed by atoms with Crippen molar-refractivity contribution in [1.29, 1.82) is 0 Å². The molecule has 0 bridgehead atoms. The number of nitrogens with one attached hydrogen (secondary N) is 4. The topological polar surface area (TPSA) is 82.3 Å². The van der Waals surface area contributed by atoms with E-state index in [2.05, 4.69) is 21.3 Å². The molecule has 0 unspecified atom stereocenters. The summed E-state index contributed by atoms with van der Waals surface area (Å²) in [6.45, 7) is 6.68. The van der Waals surface area contributed by atoms with Crippen LogP contribution in [0.5, 0.6) is 0 Å². The zero-order valence-electron chi connectivity index (χ0n) is 11.5. The number of carbonyl (C=O) groups excluding carboxylic acids is 2. The summed E-state index contributed by atoms with van der Waals surface area (Å²) in [4.78, 5) is 22.3. The van der Waals surface area contributed by atoms with Crippen molar-refractivity contribution in [2.24, 2.45) is 0 Å². The predicted molar refractivity (Wildman–Crippen MR) is 72.6 cm³/mol. The van der Waals surface area contributed by atoms with Crippen LogP contribution in [0.15, 0.2) is 0 Å². The van der Waals surface area contributed by atoms with Gasteiger partial charge in [0.15, 0.2) is 0 Å². The van der Waals surface area contributed by atoms with Gasteiger partial charge in [0.1, 0.15) is 0 Å². The number of amides is 4. The molecule has 0 saturated heterocycles. The van der Waals surface area contributed by atoms with Gasteiger partial charge in [-0.1, -0.05) is 13.8 Å². The van der Waals surface area contributed by atoms with Crippen molar-refractivity contribution >= 4 is 12.1 Å². The van der Waals surface area contributed by atoms with Crippen LogP contribution in [0.3, 0.4) is 0 Å². The summed E-state index contributed by atoms with van der Waals surface area (Å²) < 4.78 is 0. The van der Waals surface area contributed by atoms with Gasteiger partial charge in [-0.2, -0.15) is 0 Å². The third-order valence-corrected chi connectivity index (χ3v) is 2.25. The van der Waals surface area contributed by atoms with E-state index in [9.17, 15) is 9.59 Å². The first kappa shape index (κ1) is 16.5. The molecule has 0 atom stereocenters. The minimum Gasteiger partial charge on any atom is -0.338 e. The monoisotopic (exact) mass is 258 g/mol. The van der Waals surface area contributed by atoms with Crippen LogP contribution in [0.25, 0.3) is 0 Å². The highest BCUT2D eigenvalue weighted by Gasteiger charge is 1.99. The molecule has 0 saturated carbocycles. The molecule has 0 aliphatic rings. The van der Waals surface area contributed by atoms with Gasteiger partial charge in [0.25, 0.3) is 0 Å². The molecule has 0 rings (SSSR count). The first-order valence-electron chi connectivity index (χ1n) is 6.74. The third kappa shape index (κ3) is 11.0. The second kappa shape index (κ2) is 12.0. The fraction of sp³-hybridized carbons (Fsp3) is 0.833. The fourth-order valence-electron chi connectivity index (χ4n) is 1.26. The Morgan fingerprint density at radius 1 is 0.667 bits per heavy atom. The SMILES string of the molecule is CCCNC(=O)NCCCCNC(=O)NCCC. The molecule has 6 heteroatoms. The zero-order valence-corrected chi connectivity index (χ0v) is 11.5. The van der Waals surface area contributed by atoms with Crippen LogP contribution in [-0.2, 0) is 0 Å². The van der Waals surface area contributed by atoms with Crippen molar-refractivity contribution in [3.05, 3.63) is 0 Å². The van der Waals surface area contributed by atoms with Gasteiger partial charge in [-0.25, -0.2) is 9.59 Å². The van der Waals surface area contributed by atoms with Gasteiger partial charge >= 0.3 is 12.1 Å². The molecule has 18 heavy (non-hydrogen) atoms. The first-order valence-corrected chi connectivity index (χ1v) is 6.74. The molecule has 4 amide bonds. The minimum absolute atomic E-state index is 0.120. The van der Waals surface area contributed by atoms with Crippen LogP contribution in [0, 0.1) is 0 Å². The number of urea groups is 2. The van der Waals surface area contributed by atoms with E-state index < -0.39 is 0 Å². The predicted octanol–water partition coefficient (Wildman–Crippen LogP) is 1.18. The number of rotatable bonds is 9. The molecule has 0 heterocycles. The summed E-state index contributed by atoms with van der Waals surface area (Å²) >= 11 is 0. The van der Waals surface area contributed by atoms with Crippen molar-refractivity contribution in [2.75, 3.05) is 26.2 Å². The lowest BCUT2D eigenvalue weighted by Crippen LogP contribution is -2.37. The van der Waals surface area contributed by atoms with Crippen LogP contribution < -0.4 is 21.3 Å². The average molecular weight is 258 g/mol.